The first kappa shape index (κ1) is 18.9. The van der Waals surface area contributed by atoms with Crippen molar-refractivity contribution in [2.45, 2.75) is 32.7 Å². The number of aliphatic hydroxyl groups is 1. The third kappa shape index (κ3) is 4.54. The Kier molecular flexibility index (Phi) is 6.89. The van der Waals surface area contributed by atoms with Crippen LogP contribution in [0.1, 0.15) is 37.0 Å². The van der Waals surface area contributed by atoms with Crippen molar-refractivity contribution in [2.75, 3.05) is 19.7 Å². The number of fused-ring (bicyclic) bond motifs is 1. The van der Waals surface area contributed by atoms with E-state index in [2.05, 4.69) is 10.3 Å². The smallest absolute Gasteiger partial charge is 0.252 e. The number of carbonyl (C=O) groups is 2. The maximum Gasteiger partial charge on any atom is 0.252 e. The molecule has 2 amide bonds. The van der Waals surface area contributed by atoms with Gasteiger partial charge in [0.15, 0.2) is 0 Å². The highest BCUT2D eigenvalue weighted by Crippen LogP contribution is 2.16. The Morgan fingerprint density at radius 3 is 2.48 bits per heavy atom. The van der Waals surface area contributed by atoms with Crippen LogP contribution in [0.4, 0.5) is 0 Å². The first-order valence-corrected chi connectivity index (χ1v) is 8.66. The molecule has 2 N–H and O–H groups in total. The number of para-hydroxylation sites is 1. The van der Waals surface area contributed by atoms with Crippen LogP contribution in [0.5, 0.6) is 0 Å². The molecule has 1 aromatic heterocycles. The van der Waals surface area contributed by atoms with Crippen LogP contribution in [0.3, 0.4) is 0 Å². The van der Waals surface area contributed by atoms with Crippen LogP contribution in [0, 0.1) is 0 Å². The number of nitrogens with one attached hydrogen (secondary N) is 1. The van der Waals surface area contributed by atoms with Gasteiger partial charge in [0.05, 0.1) is 17.7 Å². The summed E-state index contributed by atoms with van der Waals surface area (Å²) < 4.78 is 0. The van der Waals surface area contributed by atoms with E-state index in [9.17, 15) is 14.7 Å². The van der Waals surface area contributed by atoms with E-state index in [1.807, 2.05) is 38.1 Å². The largest absolute Gasteiger partial charge is 0.394 e. The van der Waals surface area contributed by atoms with Crippen LogP contribution in [-0.4, -0.2) is 52.5 Å². The van der Waals surface area contributed by atoms with Crippen LogP contribution in [0.25, 0.3) is 10.9 Å². The van der Waals surface area contributed by atoms with Crippen molar-refractivity contribution in [2.24, 2.45) is 0 Å². The lowest BCUT2D eigenvalue weighted by molar-refractivity contribution is -0.134. The summed E-state index contributed by atoms with van der Waals surface area (Å²) in [4.78, 5) is 31.2. The summed E-state index contributed by atoms with van der Waals surface area (Å²) in [5.74, 6) is -0.642. The molecule has 0 aliphatic carbocycles. The fourth-order valence-corrected chi connectivity index (χ4v) is 2.81. The Morgan fingerprint density at radius 1 is 1.16 bits per heavy atom. The van der Waals surface area contributed by atoms with Crippen molar-refractivity contribution < 1.29 is 14.7 Å². The maximum absolute atomic E-state index is 12.7. The van der Waals surface area contributed by atoms with Crippen molar-refractivity contribution in [3.63, 3.8) is 0 Å². The van der Waals surface area contributed by atoms with E-state index >= 15 is 0 Å². The van der Waals surface area contributed by atoms with Crippen molar-refractivity contribution in [3.05, 3.63) is 42.1 Å². The fraction of sp³-hybridized carbons (Fsp3) is 0.421. The zero-order valence-corrected chi connectivity index (χ0v) is 14.7. The fourth-order valence-electron chi connectivity index (χ4n) is 2.81. The Bertz CT molecular complexity index is 721. The van der Waals surface area contributed by atoms with Crippen molar-refractivity contribution in [1.82, 2.24) is 15.2 Å². The molecule has 0 bridgehead atoms. The van der Waals surface area contributed by atoms with E-state index in [1.165, 1.54) is 0 Å². The number of aliphatic hydroxyl groups excluding tert-OH is 1. The molecular formula is C19H25N3O3. The van der Waals surface area contributed by atoms with E-state index in [4.69, 9.17) is 0 Å². The molecule has 6 nitrogen and oxygen atoms in total. The molecule has 134 valence electrons. The van der Waals surface area contributed by atoms with Gasteiger partial charge in [0.1, 0.15) is 6.04 Å². The van der Waals surface area contributed by atoms with Gasteiger partial charge in [-0.1, -0.05) is 32.0 Å². The van der Waals surface area contributed by atoms with Crippen LogP contribution in [0.15, 0.2) is 36.5 Å². The van der Waals surface area contributed by atoms with E-state index in [-0.39, 0.29) is 11.8 Å². The number of benzene rings is 1. The minimum absolute atomic E-state index is 0.252. The second kappa shape index (κ2) is 9.13. The Labute approximate surface area is 147 Å². The van der Waals surface area contributed by atoms with Gasteiger partial charge in [0, 0.05) is 24.7 Å². The molecule has 1 aromatic carbocycles. The van der Waals surface area contributed by atoms with E-state index in [0.29, 0.717) is 29.6 Å². The van der Waals surface area contributed by atoms with Crippen LogP contribution in [0.2, 0.25) is 0 Å². The summed E-state index contributed by atoms with van der Waals surface area (Å²) in [6, 6.07) is 7.99. The molecule has 25 heavy (non-hydrogen) atoms. The molecule has 1 atom stereocenters. The monoisotopic (exact) mass is 343 g/mol. The lowest BCUT2D eigenvalue weighted by Crippen LogP contribution is -2.51. The highest BCUT2D eigenvalue weighted by molar-refractivity contribution is 6.07. The number of carbonyl (C=O) groups excluding carboxylic acids is 2. The summed E-state index contributed by atoms with van der Waals surface area (Å²) >= 11 is 0. The van der Waals surface area contributed by atoms with E-state index < -0.39 is 12.6 Å². The Hall–Kier alpha value is -2.47. The van der Waals surface area contributed by atoms with E-state index in [1.54, 1.807) is 17.2 Å². The minimum Gasteiger partial charge on any atom is -0.394 e. The zero-order chi connectivity index (χ0) is 18.2. The predicted octanol–water partition coefficient (Wildman–Crippen LogP) is 1.97. The summed E-state index contributed by atoms with van der Waals surface area (Å²) in [6.45, 7) is 4.77. The van der Waals surface area contributed by atoms with Gasteiger partial charge in [-0.15, -0.1) is 0 Å². The second-order valence-electron chi connectivity index (χ2n) is 5.91. The molecule has 2 rings (SSSR count). The summed E-state index contributed by atoms with van der Waals surface area (Å²) in [6.07, 6.45) is 3.22. The molecule has 0 fully saturated rings. The number of rotatable bonds is 8. The van der Waals surface area contributed by atoms with Crippen molar-refractivity contribution in [1.29, 1.82) is 0 Å². The maximum atomic E-state index is 12.7. The summed E-state index contributed by atoms with van der Waals surface area (Å²) in [7, 11) is 0. The van der Waals surface area contributed by atoms with Crippen LogP contribution in [-0.2, 0) is 4.79 Å². The molecule has 6 heteroatoms. The first-order chi connectivity index (χ1) is 12.1. The summed E-state index contributed by atoms with van der Waals surface area (Å²) in [5.41, 5.74) is 1.15. The van der Waals surface area contributed by atoms with Crippen LogP contribution < -0.4 is 5.32 Å². The van der Waals surface area contributed by atoms with Gasteiger partial charge in [-0.2, -0.15) is 0 Å². The molecular weight excluding hydrogens is 318 g/mol. The van der Waals surface area contributed by atoms with E-state index in [0.717, 1.165) is 12.8 Å². The second-order valence-corrected chi connectivity index (χ2v) is 5.91. The molecule has 0 radical (unpaired) electrons. The Balaban J connectivity index is 2.19. The van der Waals surface area contributed by atoms with Gasteiger partial charge in [-0.25, -0.2) is 0 Å². The average Bonchev–Trinajstić information content (AvgIpc) is 2.64. The number of aromatic nitrogens is 1. The number of hydrogen-bond acceptors (Lipinski definition) is 4. The first-order valence-electron chi connectivity index (χ1n) is 8.66. The zero-order valence-electron chi connectivity index (χ0n) is 14.7. The van der Waals surface area contributed by atoms with Gasteiger partial charge >= 0.3 is 0 Å². The molecule has 0 aliphatic heterocycles. The number of amides is 2. The number of pyridine rings is 1. The Morgan fingerprint density at radius 2 is 1.84 bits per heavy atom. The number of hydrogen-bond donors (Lipinski definition) is 2. The van der Waals surface area contributed by atoms with Gasteiger partial charge in [0.2, 0.25) is 5.91 Å². The van der Waals surface area contributed by atoms with Crippen molar-refractivity contribution >= 4 is 22.7 Å². The SMILES string of the molecule is CCCN(CCC)C(=O)C(CO)NC(=O)c1ccnc2ccccc12. The number of nitrogens with zero attached hydrogens (tertiary/aromatic N) is 2. The van der Waals surface area contributed by atoms with Crippen molar-refractivity contribution in [3.8, 4) is 0 Å². The standard InChI is InChI=1S/C19H25N3O3/c1-3-11-22(12-4-2)19(25)17(13-23)21-18(24)15-9-10-20-16-8-6-5-7-14(15)16/h5-10,17,23H,3-4,11-13H2,1-2H3,(H,21,24). The van der Waals surface area contributed by atoms with Gasteiger partial charge in [0.25, 0.3) is 5.91 Å². The predicted molar refractivity (Wildman–Crippen MR) is 97.2 cm³/mol. The highest BCUT2D eigenvalue weighted by Gasteiger charge is 2.25. The molecule has 0 aliphatic rings. The molecule has 1 unspecified atom stereocenters. The van der Waals surface area contributed by atoms with Gasteiger partial charge in [-0.05, 0) is 25.0 Å². The molecule has 2 aromatic rings. The lowest BCUT2D eigenvalue weighted by atomic mass is 10.1. The quantitative estimate of drug-likeness (QED) is 0.768. The van der Waals surface area contributed by atoms with Gasteiger partial charge < -0.3 is 15.3 Å². The average molecular weight is 343 g/mol. The third-order valence-corrected chi connectivity index (χ3v) is 3.98. The highest BCUT2D eigenvalue weighted by atomic mass is 16.3. The molecule has 0 saturated heterocycles. The molecule has 0 spiro atoms. The normalized spacial score (nSPS) is 12.0. The van der Waals surface area contributed by atoms with Crippen LogP contribution >= 0.6 is 0 Å². The molecule has 0 saturated carbocycles. The third-order valence-electron chi connectivity index (χ3n) is 3.98. The lowest BCUT2D eigenvalue weighted by Gasteiger charge is -2.26. The minimum atomic E-state index is -0.947. The van der Waals surface area contributed by atoms with Gasteiger partial charge in [-0.3, -0.25) is 14.6 Å². The molecule has 1 heterocycles. The topological polar surface area (TPSA) is 82.5 Å². The summed E-state index contributed by atoms with van der Waals surface area (Å²) in [5, 5.41) is 13.0.